The normalized spacial score (nSPS) is 18.3. The van der Waals surface area contributed by atoms with Crippen LogP contribution in [-0.4, -0.2) is 278 Å². The zero-order valence-electron chi connectivity index (χ0n) is 71.4. The van der Waals surface area contributed by atoms with E-state index < -0.39 is 163 Å². The summed E-state index contributed by atoms with van der Waals surface area (Å²) in [6.45, 7) is 4.75. The number of rotatable bonds is 61. The Kier molecular flexibility index (Phi) is 57.1. The van der Waals surface area contributed by atoms with Crippen molar-refractivity contribution in [2.75, 3.05) is 109 Å². The quantitative estimate of drug-likeness (QED) is 0.0396. The van der Waals surface area contributed by atoms with Crippen molar-refractivity contribution in [2.24, 2.45) is 23.1 Å². The van der Waals surface area contributed by atoms with E-state index in [4.69, 9.17) is 41.3 Å². The van der Waals surface area contributed by atoms with Crippen LogP contribution in [0.5, 0.6) is 5.75 Å². The van der Waals surface area contributed by atoms with Crippen molar-refractivity contribution in [1.29, 1.82) is 0 Å². The van der Waals surface area contributed by atoms with Gasteiger partial charge in [-0.05, 0) is 93.6 Å². The number of nitrogens with two attached hydrogens (primary N) is 3. The van der Waals surface area contributed by atoms with Crippen molar-refractivity contribution in [1.82, 2.24) is 63.4 Å². The first kappa shape index (κ1) is 108. The Balaban J connectivity index is 1.38. The lowest BCUT2D eigenvalue weighted by molar-refractivity contribution is -0.142. The number of thioether (sulfide) groups is 2. The molecule has 2 fully saturated rings. The molecule has 2 aliphatic heterocycles. The first-order valence-electron chi connectivity index (χ1n) is 43.0. The van der Waals surface area contributed by atoms with E-state index in [2.05, 4.69) is 58.5 Å². The molecule has 15 amide bonds. The van der Waals surface area contributed by atoms with Crippen LogP contribution in [0, 0.1) is 5.92 Å². The van der Waals surface area contributed by atoms with Crippen molar-refractivity contribution < 1.29 is 116 Å². The fourth-order valence-electron chi connectivity index (χ4n) is 13.1. The number of amides is 15. The Bertz CT molecular complexity index is 3460. The van der Waals surface area contributed by atoms with Gasteiger partial charge in [0.25, 0.3) is 0 Å². The zero-order valence-corrected chi connectivity index (χ0v) is 73.0. The molecule has 3 rings (SSSR count). The molecule has 0 radical (unpaired) electrons. The second kappa shape index (κ2) is 65.2. The molecule has 694 valence electrons. The van der Waals surface area contributed by atoms with E-state index in [9.17, 15) is 91.7 Å². The van der Waals surface area contributed by atoms with E-state index in [1.807, 2.05) is 0 Å². The predicted octanol–water partition coefficient (Wildman–Crippen LogP) is 0.534. The summed E-state index contributed by atoms with van der Waals surface area (Å²) >= 11 is 2.14. The second-order valence-corrected chi connectivity index (χ2v) is 32.7. The van der Waals surface area contributed by atoms with Gasteiger partial charge in [0.1, 0.15) is 54.1 Å². The standard InChI is InChI=1S/C82H135N15O24S2/c1-3-55(2)74-80(114)92-58(32-33-65(83)99)76(110)93-61(50-66(84)100)77(111)95-63(53-122-48-21-19-26-71(105)91-60(78(112)96-74)49-56-28-30-57(98)31-29-56)81(115)97-39-22-24-64(97)79(113)94-62(75(109)89-51-67(85)101)52-123-54-72(106)88-38-43-121-47-45-119-41-35-69(103)87-37-42-120-46-44-118-40-34-68(102)86-36-20-18-23-59(82(116)117)90-70(104)25-16-14-12-10-8-6-4-5-7-9-11-13-15-17-27-73(107)108/h28-31,55,58-64,74,98H,3-27,32-54H2,1-2H3,(H2,83,99)(H2,84,100)(H2,85,101)(H,86,102)(H,87,103)(H,88,106)(H,89,109)(H,90,104)(H,91,105)(H,92,114)(H,93,110)(H,94,113)(H,95,111)(H,96,112)(H,107,108)(H,116,117)/t55-,58+,59+,60+,61+,62+,63+,64+,74+/m1/s1. The van der Waals surface area contributed by atoms with E-state index >= 15 is 0 Å². The van der Waals surface area contributed by atoms with E-state index in [1.165, 1.54) is 60.9 Å². The second-order valence-electron chi connectivity index (χ2n) is 30.5. The number of carbonyl (C=O) groups excluding carboxylic acids is 15. The SMILES string of the molecule is CC[C@@H](C)[C@@H]1NC(=O)[C@H](Cc2ccc(O)cc2)NC(=O)CCCCSC[C@@H](C(=O)N2CCC[C@H]2C(=O)N[C@@H](CSCC(=O)NCCOCCOCCC(=O)NCCOCCOCCC(=O)NCCCC[C@H](NC(=O)CCCCCCCCCCCCCCCCC(=O)O)C(=O)O)C(=O)NCC(N)=O)NC(=O)[C@H](CC(N)=O)NC(=O)[C@H](CCC(N)=O)NC1=O. The average molecular weight is 1780 g/mol. The molecule has 2 aliphatic rings. The highest BCUT2D eigenvalue weighted by atomic mass is 32.2. The molecule has 20 N–H and O–H groups in total. The van der Waals surface area contributed by atoms with Gasteiger partial charge in [-0.2, -0.15) is 11.8 Å². The first-order chi connectivity index (χ1) is 59.0. The maximum absolute atomic E-state index is 14.8. The van der Waals surface area contributed by atoms with E-state index in [-0.39, 0.29) is 177 Å². The number of carboxylic acids is 2. The minimum Gasteiger partial charge on any atom is -0.508 e. The third-order valence-corrected chi connectivity index (χ3v) is 22.4. The van der Waals surface area contributed by atoms with Gasteiger partial charge >= 0.3 is 11.9 Å². The number of phenols is 1. The number of likely N-dealkylation sites (tertiary alicyclic amines) is 1. The molecule has 0 saturated carbocycles. The number of ether oxygens (including phenoxy) is 4. The van der Waals surface area contributed by atoms with E-state index in [0.29, 0.717) is 50.0 Å². The van der Waals surface area contributed by atoms with Crippen LogP contribution < -0.4 is 75.7 Å². The molecular weight excluding hydrogens is 1640 g/mol. The Hall–Kier alpha value is -9.45. The number of carboxylic acid groups (broad SMARTS) is 2. The van der Waals surface area contributed by atoms with E-state index in [0.717, 1.165) is 63.1 Å². The molecule has 2 heterocycles. The lowest BCUT2D eigenvalue weighted by atomic mass is 9.96. The Morgan fingerprint density at radius 3 is 1.67 bits per heavy atom. The molecule has 41 heteroatoms. The Labute approximate surface area is 728 Å². The maximum atomic E-state index is 14.8. The molecule has 0 aliphatic carbocycles. The number of carbonyl (C=O) groups is 17. The largest absolute Gasteiger partial charge is 0.508 e. The minimum atomic E-state index is -1.80. The summed E-state index contributed by atoms with van der Waals surface area (Å²) in [5, 5.41) is 57.1. The molecule has 1 aromatic carbocycles. The molecule has 0 bridgehead atoms. The van der Waals surface area contributed by atoms with Crippen LogP contribution in [0.25, 0.3) is 0 Å². The molecule has 1 aromatic rings. The van der Waals surface area contributed by atoms with Crippen LogP contribution in [0.4, 0.5) is 0 Å². The smallest absolute Gasteiger partial charge is 0.326 e. The van der Waals surface area contributed by atoms with Crippen LogP contribution in [0.2, 0.25) is 0 Å². The number of hydrogen-bond acceptors (Lipinski definition) is 24. The number of phenolic OH excluding ortho intramolecular Hbond substituents is 1. The van der Waals surface area contributed by atoms with Crippen molar-refractivity contribution in [3.63, 3.8) is 0 Å². The Morgan fingerprint density at radius 2 is 1.10 bits per heavy atom. The van der Waals surface area contributed by atoms with Crippen LogP contribution >= 0.6 is 23.5 Å². The Morgan fingerprint density at radius 1 is 0.545 bits per heavy atom. The van der Waals surface area contributed by atoms with E-state index in [1.54, 1.807) is 26.0 Å². The number of aromatic hydroxyl groups is 1. The fourth-order valence-corrected chi connectivity index (χ4v) is 15.0. The third kappa shape index (κ3) is 50.8. The number of nitrogens with one attached hydrogen (secondary N) is 11. The molecule has 0 aromatic heterocycles. The average Bonchev–Trinajstić information content (AvgIpc) is 1.74. The summed E-state index contributed by atoms with van der Waals surface area (Å²) in [7, 11) is 0. The lowest BCUT2D eigenvalue weighted by Crippen LogP contribution is -2.61. The van der Waals surface area contributed by atoms with Gasteiger partial charge in [-0.15, -0.1) is 11.8 Å². The molecule has 123 heavy (non-hydrogen) atoms. The maximum Gasteiger partial charge on any atom is 0.326 e. The van der Waals surface area contributed by atoms with Gasteiger partial charge in [0.2, 0.25) is 88.6 Å². The van der Waals surface area contributed by atoms with Crippen LogP contribution in [0.3, 0.4) is 0 Å². The summed E-state index contributed by atoms with van der Waals surface area (Å²) in [4.78, 5) is 223. The molecule has 0 spiro atoms. The van der Waals surface area contributed by atoms with Gasteiger partial charge in [0.05, 0.1) is 71.6 Å². The third-order valence-electron chi connectivity index (χ3n) is 20.2. The highest BCUT2D eigenvalue weighted by Crippen LogP contribution is 2.23. The van der Waals surface area contributed by atoms with Gasteiger partial charge in [-0.3, -0.25) is 76.7 Å². The summed E-state index contributed by atoms with van der Waals surface area (Å²) < 4.78 is 22.0. The highest BCUT2D eigenvalue weighted by Gasteiger charge is 2.41. The zero-order chi connectivity index (χ0) is 90.5. The van der Waals surface area contributed by atoms with Gasteiger partial charge < -0.3 is 115 Å². The topological polar surface area (TPSA) is 601 Å². The lowest BCUT2D eigenvalue weighted by Gasteiger charge is -2.31. The first-order valence-corrected chi connectivity index (χ1v) is 45.3. The molecule has 0 unspecified atom stereocenters. The summed E-state index contributed by atoms with van der Waals surface area (Å²) in [6.07, 6.45) is 16.4. The van der Waals surface area contributed by atoms with Crippen LogP contribution in [0.15, 0.2) is 24.3 Å². The number of primary amides is 3. The molecule has 9 atom stereocenters. The van der Waals surface area contributed by atoms with Crippen molar-refractivity contribution in [3.05, 3.63) is 29.8 Å². The number of aliphatic carboxylic acids is 2. The van der Waals surface area contributed by atoms with Crippen LogP contribution in [0.1, 0.15) is 212 Å². The molecule has 39 nitrogen and oxygen atoms in total. The van der Waals surface area contributed by atoms with Crippen LogP contribution in [-0.2, 0) is 107 Å². The predicted molar refractivity (Wildman–Crippen MR) is 457 cm³/mol. The highest BCUT2D eigenvalue weighted by molar-refractivity contribution is 8.00. The van der Waals surface area contributed by atoms with Crippen molar-refractivity contribution in [2.45, 2.75) is 261 Å². The number of unbranched alkanes of at least 4 members (excludes halogenated alkanes) is 14. The van der Waals surface area contributed by atoms with Crippen molar-refractivity contribution >= 4 is 124 Å². The number of nitrogens with zero attached hydrogens (tertiary/aromatic N) is 1. The summed E-state index contributed by atoms with van der Waals surface area (Å²) in [5.41, 5.74) is 16.9. The van der Waals surface area contributed by atoms with Gasteiger partial charge in [0.15, 0.2) is 0 Å². The fraction of sp³-hybridized carbons (Fsp3) is 0.720. The van der Waals surface area contributed by atoms with Crippen molar-refractivity contribution in [3.8, 4) is 5.75 Å². The minimum absolute atomic E-state index is 0.0165. The summed E-state index contributed by atoms with van der Waals surface area (Å²) in [6, 6.07) is -5.16. The van der Waals surface area contributed by atoms with Gasteiger partial charge in [-0.25, -0.2) is 4.79 Å². The summed E-state index contributed by atoms with van der Waals surface area (Å²) in [5.74, 6) is -13.6. The molecule has 2 saturated heterocycles. The molecular formula is C82H135N15O24S2. The number of benzene rings is 1. The monoisotopic (exact) mass is 1780 g/mol. The number of hydrogen-bond donors (Lipinski definition) is 17. The van der Waals surface area contributed by atoms with Gasteiger partial charge in [0, 0.05) is 82.6 Å². The van der Waals surface area contributed by atoms with Gasteiger partial charge in [-0.1, -0.05) is 109 Å².